The van der Waals surface area contributed by atoms with Gasteiger partial charge in [0.15, 0.2) is 0 Å². The quantitative estimate of drug-likeness (QED) is 0.616. The van der Waals surface area contributed by atoms with E-state index >= 15 is 0 Å². The molecule has 1 aromatic carbocycles. The van der Waals surface area contributed by atoms with E-state index in [4.69, 9.17) is 5.26 Å². The zero-order valence-electron chi connectivity index (χ0n) is 6.56. The third-order valence-corrected chi connectivity index (χ3v) is 1.85. The van der Waals surface area contributed by atoms with Crippen LogP contribution in [0.2, 0.25) is 0 Å². The normalized spacial score (nSPS) is 8.08. The van der Waals surface area contributed by atoms with Gasteiger partial charge in [0.25, 0.3) is 0 Å². The van der Waals surface area contributed by atoms with Crippen molar-refractivity contribution in [2.75, 3.05) is 0 Å². The average Bonchev–Trinajstić information content (AvgIpc) is 2.05. The molecule has 0 saturated heterocycles. The molecule has 0 bridgehead atoms. The minimum Gasteiger partial charge on any atom is -0.192 e. The highest BCUT2D eigenvalue weighted by molar-refractivity contribution is 9.10. The number of rotatable bonds is 0. The lowest BCUT2D eigenvalue weighted by atomic mass is 10.1. The van der Waals surface area contributed by atoms with Gasteiger partial charge in [0.2, 0.25) is 0 Å². The van der Waals surface area contributed by atoms with Crippen molar-refractivity contribution in [2.24, 2.45) is 0 Å². The van der Waals surface area contributed by atoms with Crippen LogP contribution < -0.4 is 0 Å². The standard InChI is InChI=1S/C10H6BrN/c1-2-3-8-6-10(11)5-4-9(8)7-12/h4-6H,1H3. The molecule has 2 heteroatoms. The Morgan fingerprint density at radius 2 is 2.08 bits per heavy atom. The minimum absolute atomic E-state index is 0.618. The summed E-state index contributed by atoms with van der Waals surface area (Å²) < 4.78 is 0.944. The molecule has 0 aliphatic carbocycles. The number of nitrogens with zero attached hydrogens (tertiary/aromatic N) is 1. The van der Waals surface area contributed by atoms with E-state index in [1.165, 1.54) is 0 Å². The van der Waals surface area contributed by atoms with Crippen molar-refractivity contribution in [2.45, 2.75) is 6.92 Å². The Bertz CT molecular complexity index is 391. The molecule has 0 atom stereocenters. The average molecular weight is 220 g/mol. The van der Waals surface area contributed by atoms with E-state index in [0.29, 0.717) is 5.56 Å². The summed E-state index contributed by atoms with van der Waals surface area (Å²) >= 11 is 3.32. The number of benzene rings is 1. The SMILES string of the molecule is CC#Cc1cc(Br)ccc1C#N. The number of halogens is 1. The van der Waals surface area contributed by atoms with Crippen LogP contribution in [0.1, 0.15) is 18.1 Å². The molecule has 0 heterocycles. The van der Waals surface area contributed by atoms with Gasteiger partial charge in [-0.1, -0.05) is 21.9 Å². The van der Waals surface area contributed by atoms with Gasteiger partial charge in [0, 0.05) is 10.0 Å². The van der Waals surface area contributed by atoms with Gasteiger partial charge in [-0.3, -0.25) is 0 Å². The molecule has 0 radical (unpaired) electrons. The van der Waals surface area contributed by atoms with Crippen molar-refractivity contribution in [1.82, 2.24) is 0 Å². The molecule has 58 valence electrons. The predicted octanol–water partition coefficient (Wildman–Crippen LogP) is 2.69. The van der Waals surface area contributed by atoms with Crippen molar-refractivity contribution < 1.29 is 0 Å². The van der Waals surface area contributed by atoms with E-state index in [1.54, 1.807) is 13.0 Å². The van der Waals surface area contributed by atoms with Crippen LogP contribution in [0.4, 0.5) is 0 Å². The second-order valence-corrected chi connectivity index (χ2v) is 3.09. The predicted molar refractivity (Wildman–Crippen MR) is 51.4 cm³/mol. The molecular weight excluding hydrogens is 214 g/mol. The van der Waals surface area contributed by atoms with E-state index in [9.17, 15) is 0 Å². The topological polar surface area (TPSA) is 23.8 Å². The molecule has 0 aliphatic heterocycles. The summed E-state index contributed by atoms with van der Waals surface area (Å²) in [4.78, 5) is 0. The minimum atomic E-state index is 0.618. The summed E-state index contributed by atoms with van der Waals surface area (Å²) in [6, 6.07) is 7.51. The third-order valence-electron chi connectivity index (χ3n) is 1.36. The lowest BCUT2D eigenvalue weighted by molar-refractivity contribution is 1.46. The zero-order valence-corrected chi connectivity index (χ0v) is 8.14. The van der Waals surface area contributed by atoms with Crippen LogP contribution in [0.15, 0.2) is 22.7 Å². The van der Waals surface area contributed by atoms with E-state index in [-0.39, 0.29) is 0 Å². The maximum atomic E-state index is 8.70. The third kappa shape index (κ3) is 1.87. The van der Waals surface area contributed by atoms with Crippen LogP contribution >= 0.6 is 15.9 Å². The molecular formula is C10H6BrN. The summed E-state index contributed by atoms with van der Waals surface area (Å²) in [6.45, 7) is 1.75. The lowest BCUT2D eigenvalue weighted by Gasteiger charge is -1.94. The largest absolute Gasteiger partial charge is 0.192 e. The molecule has 0 saturated carbocycles. The first-order valence-corrected chi connectivity index (χ1v) is 4.19. The highest BCUT2D eigenvalue weighted by atomic mass is 79.9. The van der Waals surface area contributed by atoms with Crippen LogP contribution in [-0.4, -0.2) is 0 Å². The maximum absolute atomic E-state index is 8.70. The Morgan fingerprint density at radius 3 is 2.67 bits per heavy atom. The van der Waals surface area contributed by atoms with Gasteiger partial charge in [-0.2, -0.15) is 5.26 Å². The molecule has 0 aromatic heterocycles. The Kier molecular flexibility index (Phi) is 2.91. The summed E-state index contributed by atoms with van der Waals surface area (Å²) in [7, 11) is 0. The Morgan fingerprint density at radius 1 is 1.33 bits per heavy atom. The summed E-state index contributed by atoms with van der Waals surface area (Å²) in [5, 5.41) is 8.70. The molecule has 0 amide bonds. The van der Waals surface area contributed by atoms with Crippen LogP contribution in [0.25, 0.3) is 0 Å². The molecule has 1 nitrogen and oxygen atoms in total. The summed E-state index contributed by atoms with van der Waals surface area (Å²) in [6.07, 6.45) is 0. The molecule has 1 rings (SSSR count). The fourth-order valence-electron chi connectivity index (χ4n) is 0.852. The first-order chi connectivity index (χ1) is 5.77. The smallest absolute Gasteiger partial charge is 0.100 e. The fraction of sp³-hybridized carbons (Fsp3) is 0.100. The first-order valence-electron chi connectivity index (χ1n) is 3.40. The Labute approximate surface area is 80.2 Å². The van der Waals surface area contributed by atoms with Gasteiger partial charge in [-0.05, 0) is 25.1 Å². The zero-order chi connectivity index (χ0) is 8.97. The van der Waals surface area contributed by atoms with Crippen LogP contribution in [0.3, 0.4) is 0 Å². The van der Waals surface area contributed by atoms with Crippen LogP contribution in [0, 0.1) is 23.2 Å². The fourth-order valence-corrected chi connectivity index (χ4v) is 1.21. The second kappa shape index (κ2) is 3.95. The van der Waals surface area contributed by atoms with Crippen LogP contribution in [-0.2, 0) is 0 Å². The number of nitriles is 1. The van der Waals surface area contributed by atoms with Gasteiger partial charge in [-0.25, -0.2) is 0 Å². The van der Waals surface area contributed by atoms with Crippen molar-refractivity contribution in [3.8, 4) is 17.9 Å². The van der Waals surface area contributed by atoms with Gasteiger partial charge < -0.3 is 0 Å². The van der Waals surface area contributed by atoms with Crippen molar-refractivity contribution in [1.29, 1.82) is 5.26 Å². The monoisotopic (exact) mass is 219 g/mol. The van der Waals surface area contributed by atoms with Gasteiger partial charge in [0.05, 0.1) is 5.56 Å². The highest BCUT2D eigenvalue weighted by Crippen LogP contribution is 2.14. The Balaban J connectivity index is 3.30. The molecule has 12 heavy (non-hydrogen) atoms. The molecule has 0 spiro atoms. The maximum Gasteiger partial charge on any atom is 0.100 e. The van der Waals surface area contributed by atoms with Crippen molar-refractivity contribution >= 4 is 15.9 Å². The molecule has 0 unspecified atom stereocenters. The molecule has 0 N–H and O–H groups in total. The number of hydrogen-bond donors (Lipinski definition) is 0. The first kappa shape index (κ1) is 8.84. The van der Waals surface area contributed by atoms with Gasteiger partial charge in [-0.15, -0.1) is 5.92 Å². The molecule has 0 aliphatic rings. The second-order valence-electron chi connectivity index (χ2n) is 2.18. The molecule has 1 aromatic rings. The van der Waals surface area contributed by atoms with E-state index in [0.717, 1.165) is 10.0 Å². The summed E-state index contributed by atoms with van der Waals surface area (Å²) in [5.74, 6) is 5.63. The van der Waals surface area contributed by atoms with E-state index < -0.39 is 0 Å². The van der Waals surface area contributed by atoms with Gasteiger partial charge >= 0.3 is 0 Å². The van der Waals surface area contributed by atoms with Crippen molar-refractivity contribution in [3.05, 3.63) is 33.8 Å². The van der Waals surface area contributed by atoms with Gasteiger partial charge in [0.1, 0.15) is 6.07 Å². The summed E-state index contributed by atoms with van der Waals surface area (Å²) in [5.41, 5.74) is 1.39. The van der Waals surface area contributed by atoms with Crippen molar-refractivity contribution in [3.63, 3.8) is 0 Å². The van der Waals surface area contributed by atoms with Crippen LogP contribution in [0.5, 0.6) is 0 Å². The lowest BCUT2D eigenvalue weighted by Crippen LogP contribution is -1.82. The van der Waals surface area contributed by atoms with E-state index in [1.807, 2.05) is 12.1 Å². The number of hydrogen-bond acceptors (Lipinski definition) is 1. The molecule has 0 fully saturated rings. The highest BCUT2D eigenvalue weighted by Gasteiger charge is 1.98. The van der Waals surface area contributed by atoms with E-state index in [2.05, 4.69) is 33.8 Å². The Hall–Kier alpha value is -1.25.